The van der Waals surface area contributed by atoms with Gasteiger partial charge in [0.2, 0.25) is 11.8 Å². The van der Waals surface area contributed by atoms with Crippen molar-refractivity contribution < 1.29 is 24.2 Å². The highest BCUT2D eigenvalue weighted by Crippen LogP contribution is 2.38. The molecule has 2 fully saturated rings. The number of methoxy groups -OCH3 is 1. The highest BCUT2D eigenvalue weighted by Gasteiger charge is 2.44. The Labute approximate surface area is 158 Å². The molecule has 0 aliphatic carbocycles. The van der Waals surface area contributed by atoms with E-state index in [1.54, 1.807) is 24.0 Å². The summed E-state index contributed by atoms with van der Waals surface area (Å²) >= 11 is 0. The number of aliphatic carboxylic acids is 1. The Morgan fingerprint density at radius 2 is 1.81 bits per heavy atom. The van der Waals surface area contributed by atoms with Crippen molar-refractivity contribution in [3.8, 4) is 5.75 Å². The number of ether oxygens (including phenoxy) is 1. The minimum absolute atomic E-state index is 0.0121. The Morgan fingerprint density at radius 3 is 2.37 bits per heavy atom. The third-order valence-electron chi connectivity index (χ3n) is 5.88. The number of rotatable bonds is 4. The molecule has 1 aromatic rings. The van der Waals surface area contributed by atoms with Crippen LogP contribution >= 0.6 is 0 Å². The van der Waals surface area contributed by atoms with Crippen LogP contribution in [0.5, 0.6) is 5.75 Å². The van der Waals surface area contributed by atoms with Crippen LogP contribution in [0.25, 0.3) is 0 Å². The molecule has 4 atom stereocenters. The van der Waals surface area contributed by atoms with Crippen LogP contribution in [0.2, 0.25) is 0 Å². The predicted octanol–water partition coefficient (Wildman–Crippen LogP) is 1.78. The van der Waals surface area contributed by atoms with Crippen LogP contribution in [0.1, 0.15) is 31.4 Å². The molecule has 0 saturated carbocycles. The molecule has 2 aliphatic rings. The predicted molar refractivity (Wildman–Crippen MR) is 98.1 cm³/mol. The van der Waals surface area contributed by atoms with Crippen molar-refractivity contribution in [2.24, 2.45) is 17.8 Å². The number of hydrogen-bond acceptors (Lipinski definition) is 4. The van der Waals surface area contributed by atoms with E-state index < -0.39 is 11.9 Å². The molecule has 1 N–H and O–H groups in total. The lowest BCUT2D eigenvalue weighted by atomic mass is 9.83. The summed E-state index contributed by atoms with van der Waals surface area (Å²) in [6.45, 7) is 2.54. The van der Waals surface area contributed by atoms with Gasteiger partial charge >= 0.3 is 5.97 Å². The van der Waals surface area contributed by atoms with E-state index in [2.05, 4.69) is 0 Å². The molecule has 2 heterocycles. The van der Waals surface area contributed by atoms with Crippen molar-refractivity contribution in [2.45, 2.75) is 25.8 Å². The van der Waals surface area contributed by atoms with Gasteiger partial charge in [-0.25, -0.2) is 0 Å². The summed E-state index contributed by atoms with van der Waals surface area (Å²) in [7, 11) is 3.31. The molecule has 146 valence electrons. The Balaban J connectivity index is 1.86. The van der Waals surface area contributed by atoms with Crippen LogP contribution in [0.3, 0.4) is 0 Å². The molecule has 7 nitrogen and oxygen atoms in total. The molecule has 2 amide bonds. The van der Waals surface area contributed by atoms with E-state index in [0.29, 0.717) is 25.1 Å². The fourth-order valence-electron chi connectivity index (χ4n) is 4.26. The Hall–Kier alpha value is -2.57. The number of carboxylic acids is 1. The van der Waals surface area contributed by atoms with E-state index in [9.17, 15) is 19.5 Å². The second-order valence-corrected chi connectivity index (χ2v) is 7.53. The summed E-state index contributed by atoms with van der Waals surface area (Å²) in [4.78, 5) is 40.2. The van der Waals surface area contributed by atoms with Gasteiger partial charge in [-0.15, -0.1) is 0 Å². The largest absolute Gasteiger partial charge is 0.497 e. The van der Waals surface area contributed by atoms with E-state index >= 15 is 0 Å². The molecule has 0 radical (unpaired) electrons. The number of carbonyl (C=O) groups is 3. The number of amides is 2. The lowest BCUT2D eigenvalue weighted by molar-refractivity contribution is -0.146. The van der Waals surface area contributed by atoms with E-state index in [1.165, 1.54) is 0 Å². The summed E-state index contributed by atoms with van der Waals surface area (Å²) < 4.78 is 5.19. The molecule has 3 rings (SSSR count). The van der Waals surface area contributed by atoms with Crippen molar-refractivity contribution in [1.29, 1.82) is 0 Å². The number of carbonyl (C=O) groups excluding carboxylic acids is 2. The zero-order valence-corrected chi connectivity index (χ0v) is 15.9. The molecule has 1 aromatic carbocycles. The van der Waals surface area contributed by atoms with E-state index in [4.69, 9.17) is 4.74 Å². The van der Waals surface area contributed by atoms with Crippen molar-refractivity contribution in [2.75, 3.05) is 27.2 Å². The lowest BCUT2D eigenvalue weighted by Gasteiger charge is -2.40. The Bertz CT molecular complexity index is 732. The zero-order chi connectivity index (χ0) is 19.7. The average Bonchev–Trinajstić information content (AvgIpc) is 3.05. The number of piperidine rings is 1. The van der Waals surface area contributed by atoms with Gasteiger partial charge in [-0.2, -0.15) is 0 Å². The van der Waals surface area contributed by atoms with Gasteiger partial charge in [0.1, 0.15) is 5.75 Å². The Kier molecular flexibility index (Phi) is 5.39. The zero-order valence-electron chi connectivity index (χ0n) is 15.9. The van der Waals surface area contributed by atoms with Gasteiger partial charge in [-0.05, 0) is 30.0 Å². The van der Waals surface area contributed by atoms with E-state index in [-0.39, 0.29) is 36.2 Å². The molecule has 2 aliphatic heterocycles. The van der Waals surface area contributed by atoms with Gasteiger partial charge in [0, 0.05) is 26.6 Å². The van der Waals surface area contributed by atoms with Crippen LogP contribution in [-0.4, -0.2) is 59.9 Å². The van der Waals surface area contributed by atoms with Gasteiger partial charge in [-0.1, -0.05) is 19.1 Å². The fourth-order valence-corrected chi connectivity index (χ4v) is 4.26. The van der Waals surface area contributed by atoms with Crippen molar-refractivity contribution in [1.82, 2.24) is 9.80 Å². The molecule has 7 heteroatoms. The summed E-state index contributed by atoms with van der Waals surface area (Å²) in [5, 5.41) is 9.35. The molecule has 0 aromatic heterocycles. The van der Waals surface area contributed by atoms with E-state index in [1.807, 2.05) is 31.2 Å². The van der Waals surface area contributed by atoms with Gasteiger partial charge < -0.3 is 19.6 Å². The number of likely N-dealkylation sites (tertiary alicyclic amines) is 2. The van der Waals surface area contributed by atoms with Crippen LogP contribution in [0, 0.1) is 17.8 Å². The first kappa shape index (κ1) is 19.2. The highest BCUT2D eigenvalue weighted by atomic mass is 16.5. The number of benzene rings is 1. The van der Waals surface area contributed by atoms with Gasteiger partial charge in [0.05, 0.1) is 25.0 Å². The molecule has 2 unspecified atom stereocenters. The molecule has 27 heavy (non-hydrogen) atoms. The third kappa shape index (κ3) is 3.63. The van der Waals surface area contributed by atoms with Crippen LogP contribution in [-0.2, 0) is 14.4 Å². The summed E-state index contributed by atoms with van der Waals surface area (Å²) in [5.74, 6) is -1.18. The SMILES string of the molecule is COc1ccc(C2C(C(=O)N3C[C@@H](C)[C@H](C(=O)O)C3)CCC(=O)N2C)cc1. The number of carboxylic acid groups (broad SMARTS) is 1. The third-order valence-corrected chi connectivity index (χ3v) is 5.88. The molecule has 0 spiro atoms. The smallest absolute Gasteiger partial charge is 0.308 e. The van der Waals surface area contributed by atoms with Gasteiger partial charge in [-0.3, -0.25) is 14.4 Å². The topological polar surface area (TPSA) is 87.1 Å². The molecular formula is C20H26N2O5. The van der Waals surface area contributed by atoms with Gasteiger partial charge in [0.25, 0.3) is 0 Å². The lowest BCUT2D eigenvalue weighted by Crippen LogP contribution is -2.47. The molecule has 2 saturated heterocycles. The maximum absolute atomic E-state index is 13.2. The van der Waals surface area contributed by atoms with Crippen LogP contribution < -0.4 is 4.74 Å². The standard InChI is InChI=1S/C20H26N2O5/c1-12-10-22(11-16(12)20(25)26)19(24)15-8-9-17(23)21(2)18(15)13-4-6-14(27-3)7-5-13/h4-7,12,15-16,18H,8-11H2,1-3H3,(H,25,26)/t12-,15?,16-,18?/m1/s1. The minimum atomic E-state index is -0.861. The minimum Gasteiger partial charge on any atom is -0.497 e. The normalized spacial score (nSPS) is 28.3. The first-order chi connectivity index (χ1) is 12.8. The fraction of sp³-hybridized carbons (Fsp3) is 0.550. The highest BCUT2D eigenvalue weighted by molar-refractivity contribution is 5.86. The van der Waals surface area contributed by atoms with Crippen LogP contribution in [0.15, 0.2) is 24.3 Å². The monoisotopic (exact) mass is 374 g/mol. The van der Waals surface area contributed by atoms with Crippen molar-refractivity contribution in [3.05, 3.63) is 29.8 Å². The first-order valence-electron chi connectivity index (χ1n) is 9.24. The van der Waals surface area contributed by atoms with Gasteiger partial charge in [0.15, 0.2) is 0 Å². The van der Waals surface area contributed by atoms with E-state index in [0.717, 1.165) is 5.56 Å². The summed E-state index contributed by atoms with van der Waals surface area (Å²) in [6, 6.07) is 7.05. The molecular weight excluding hydrogens is 348 g/mol. The second kappa shape index (κ2) is 7.58. The average molecular weight is 374 g/mol. The summed E-state index contributed by atoms with van der Waals surface area (Å²) in [6.07, 6.45) is 0.798. The van der Waals surface area contributed by atoms with Crippen molar-refractivity contribution >= 4 is 17.8 Å². The first-order valence-corrected chi connectivity index (χ1v) is 9.24. The number of hydrogen-bond donors (Lipinski definition) is 1. The number of nitrogens with zero attached hydrogens (tertiary/aromatic N) is 2. The quantitative estimate of drug-likeness (QED) is 0.868. The van der Waals surface area contributed by atoms with Crippen LogP contribution in [0.4, 0.5) is 0 Å². The summed E-state index contributed by atoms with van der Waals surface area (Å²) in [5.41, 5.74) is 0.881. The molecule has 0 bridgehead atoms. The second-order valence-electron chi connectivity index (χ2n) is 7.53. The maximum atomic E-state index is 13.2. The van der Waals surface area contributed by atoms with Crippen molar-refractivity contribution in [3.63, 3.8) is 0 Å². The Morgan fingerprint density at radius 1 is 1.15 bits per heavy atom. The maximum Gasteiger partial charge on any atom is 0.308 e.